The van der Waals surface area contributed by atoms with Crippen molar-refractivity contribution < 1.29 is 14.3 Å². The molecule has 1 rings (SSSR count). The van der Waals surface area contributed by atoms with Crippen molar-refractivity contribution in [3.63, 3.8) is 0 Å². The monoisotopic (exact) mass is 353 g/mol. The second-order valence-corrected chi connectivity index (χ2v) is 6.06. The van der Waals surface area contributed by atoms with Crippen LogP contribution in [0.5, 0.6) is 5.75 Å². The van der Waals surface area contributed by atoms with E-state index in [9.17, 15) is 4.79 Å². The summed E-state index contributed by atoms with van der Waals surface area (Å²) in [4.78, 5) is 16.0. The molecular formula is C17H27N3O3S. The molecule has 0 aliphatic heterocycles. The average Bonchev–Trinajstić information content (AvgIpc) is 2.63. The molecule has 0 fully saturated rings. The van der Waals surface area contributed by atoms with Gasteiger partial charge >= 0.3 is 5.97 Å². The number of carbonyl (C=O) groups excluding carboxylic acids is 1. The van der Waals surface area contributed by atoms with Crippen LogP contribution in [0.2, 0.25) is 0 Å². The minimum absolute atomic E-state index is 0.412. The second-order valence-electron chi connectivity index (χ2n) is 5.08. The van der Waals surface area contributed by atoms with Gasteiger partial charge in [0.25, 0.3) is 0 Å². The van der Waals surface area contributed by atoms with Crippen LogP contribution < -0.4 is 15.4 Å². The lowest BCUT2D eigenvalue weighted by Gasteiger charge is -2.13. The molecule has 0 aliphatic rings. The average molecular weight is 353 g/mol. The van der Waals surface area contributed by atoms with E-state index in [0.29, 0.717) is 17.9 Å². The maximum atomic E-state index is 11.8. The number of hydrogen-bond donors (Lipinski definition) is 2. The first-order valence-corrected chi connectivity index (χ1v) is 9.24. The molecule has 134 valence electrons. The van der Waals surface area contributed by atoms with Crippen molar-refractivity contribution in [2.24, 2.45) is 4.99 Å². The van der Waals surface area contributed by atoms with Crippen LogP contribution in [-0.4, -0.2) is 51.7 Å². The lowest BCUT2D eigenvalue weighted by molar-refractivity contribution is 0.0597. The fourth-order valence-corrected chi connectivity index (χ4v) is 2.61. The molecule has 0 radical (unpaired) electrons. The van der Waals surface area contributed by atoms with Gasteiger partial charge in [0.2, 0.25) is 0 Å². The maximum Gasteiger partial charge on any atom is 0.341 e. The Labute approximate surface area is 148 Å². The van der Waals surface area contributed by atoms with Crippen molar-refractivity contribution in [2.45, 2.75) is 19.4 Å². The quantitative estimate of drug-likeness (QED) is 0.307. The maximum absolute atomic E-state index is 11.8. The summed E-state index contributed by atoms with van der Waals surface area (Å²) in [6.45, 7) is 1.44. The Hall–Kier alpha value is -1.89. The van der Waals surface area contributed by atoms with E-state index in [-0.39, 0.29) is 0 Å². The van der Waals surface area contributed by atoms with Crippen molar-refractivity contribution in [1.29, 1.82) is 0 Å². The van der Waals surface area contributed by atoms with Crippen molar-refractivity contribution in [2.75, 3.05) is 39.8 Å². The third kappa shape index (κ3) is 6.70. The van der Waals surface area contributed by atoms with Gasteiger partial charge < -0.3 is 20.1 Å². The molecule has 0 atom stereocenters. The smallest absolute Gasteiger partial charge is 0.341 e. The number of rotatable bonds is 9. The molecule has 0 aliphatic carbocycles. The fourth-order valence-electron chi connectivity index (χ4n) is 2.12. The van der Waals surface area contributed by atoms with Crippen LogP contribution in [0.25, 0.3) is 0 Å². The van der Waals surface area contributed by atoms with Crippen molar-refractivity contribution in [1.82, 2.24) is 10.6 Å². The molecule has 7 heteroatoms. The Morgan fingerprint density at radius 1 is 1.25 bits per heavy atom. The summed E-state index contributed by atoms with van der Waals surface area (Å²) in [5, 5.41) is 6.52. The predicted octanol–water partition coefficient (Wildman–Crippen LogP) is 2.29. The van der Waals surface area contributed by atoms with Gasteiger partial charge in [0.15, 0.2) is 5.96 Å². The number of methoxy groups -OCH3 is 2. The standard InChI is InChI=1S/C17H27N3O3S/c1-18-17(19-9-5-6-10-24-4)20-12-13-7-8-15(22-2)14(11-13)16(21)23-3/h7-8,11H,5-6,9-10,12H2,1-4H3,(H2,18,19,20). The molecule has 24 heavy (non-hydrogen) atoms. The molecular weight excluding hydrogens is 326 g/mol. The van der Waals surface area contributed by atoms with Crippen LogP contribution in [-0.2, 0) is 11.3 Å². The SMILES string of the molecule is CN=C(NCCCCSC)NCc1ccc(OC)c(C(=O)OC)c1. The van der Waals surface area contributed by atoms with E-state index in [4.69, 9.17) is 9.47 Å². The van der Waals surface area contributed by atoms with Crippen LogP contribution in [0.15, 0.2) is 23.2 Å². The molecule has 0 bridgehead atoms. The van der Waals surface area contributed by atoms with Gasteiger partial charge in [-0.3, -0.25) is 4.99 Å². The number of guanidine groups is 1. The number of hydrogen-bond acceptors (Lipinski definition) is 5. The van der Waals surface area contributed by atoms with Crippen LogP contribution in [0.1, 0.15) is 28.8 Å². The van der Waals surface area contributed by atoms with E-state index in [1.165, 1.54) is 26.4 Å². The Kier molecular flexibility index (Phi) is 9.76. The third-order valence-electron chi connectivity index (χ3n) is 3.42. The summed E-state index contributed by atoms with van der Waals surface area (Å²) in [6, 6.07) is 5.44. The molecule has 0 saturated heterocycles. The number of nitrogens with zero attached hydrogens (tertiary/aromatic N) is 1. The molecule has 6 nitrogen and oxygen atoms in total. The Bertz CT molecular complexity index is 550. The molecule has 0 heterocycles. The van der Waals surface area contributed by atoms with Gasteiger partial charge in [0, 0.05) is 20.1 Å². The van der Waals surface area contributed by atoms with E-state index < -0.39 is 5.97 Å². The van der Waals surface area contributed by atoms with Gasteiger partial charge in [0.1, 0.15) is 11.3 Å². The van der Waals surface area contributed by atoms with Gasteiger partial charge in [-0.2, -0.15) is 11.8 Å². The Morgan fingerprint density at radius 3 is 2.67 bits per heavy atom. The highest BCUT2D eigenvalue weighted by molar-refractivity contribution is 7.98. The molecule has 1 aromatic rings. The van der Waals surface area contributed by atoms with E-state index in [0.717, 1.165) is 24.5 Å². The number of ether oxygens (including phenoxy) is 2. The molecule has 1 aromatic carbocycles. The minimum Gasteiger partial charge on any atom is -0.496 e. The summed E-state index contributed by atoms with van der Waals surface area (Å²) in [7, 11) is 4.63. The summed E-state index contributed by atoms with van der Waals surface area (Å²) in [6.07, 6.45) is 4.41. The third-order valence-corrected chi connectivity index (χ3v) is 4.12. The normalized spacial score (nSPS) is 11.1. The molecule has 0 amide bonds. The highest BCUT2D eigenvalue weighted by atomic mass is 32.2. The number of benzene rings is 1. The first-order chi connectivity index (χ1) is 11.7. The first-order valence-electron chi connectivity index (χ1n) is 7.85. The minimum atomic E-state index is -0.412. The van der Waals surface area contributed by atoms with Gasteiger partial charge in [-0.05, 0) is 42.5 Å². The zero-order chi connectivity index (χ0) is 17.8. The van der Waals surface area contributed by atoms with Gasteiger partial charge in [-0.1, -0.05) is 6.07 Å². The number of esters is 1. The number of carbonyl (C=O) groups is 1. The topological polar surface area (TPSA) is 72.0 Å². The Balaban J connectivity index is 2.57. The van der Waals surface area contributed by atoms with Crippen LogP contribution in [0.3, 0.4) is 0 Å². The fraction of sp³-hybridized carbons (Fsp3) is 0.529. The first kappa shape index (κ1) is 20.2. The summed E-state index contributed by atoms with van der Waals surface area (Å²) >= 11 is 1.86. The van der Waals surface area contributed by atoms with Crippen LogP contribution >= 0.6 is 11.8 Å². The molecule has 0 aromatic heterocycles. The van der Waals surface area contributed by atoms with Crippen molar-refractivity contribution >= 4 is 23.7 Å². The van der Waals surface area contributed by atoms with E-state index in [1.807, 2.05) is 17.8 Å². The Morgan fingerprint density at radius 2 is 2.04 bits per heavy atom. The second kappa shape index (κ2) is 11.6. The van der Waals surface area contributed by atoms with E-state index >= 15 is 0 Å². The number of nitrogens with one attached hydrogen (secondary N) is 2. The van der Waals surface area contributed by atoms with Gasteiger partial charge in [-0.15, -0.1) is 0 Å². The zero-order valence-electron chi connectivity index (χ0n) is 14.8. The number of thioether (sulfide) groups is 1. The van der Waals surface area contributed by atoms with Crippen LogP contribution in [0.4, 0.5) is 0 Å². The molecule has 2 N–H and O–H groups in total. The highest BCUT2D eigenvalue weighted by Crippen LogP contribution is 2.20. The van der Waals surface area contributed by atoms with Crippen molar-refractivity contribution in [3.05, 3.63) is 29.3 Å². The summed E-state index contributed by atoms with van der Waals surface area (Å²) < 4.78 is 9.99. The zero-order valence-corrected chi connectivity index (χ0v) is 15.7. The van der Waals surface area contributed by atoms with E-state index in [2.05, 4.69) is 21.9 Å². The number of unbranched alkanes of at least 4 members (excludes halogenated alkanes) is 1. The van der Waals surface area contributed by atoms with Gasteiger partial charge in [-0.25, -0.2) is 4.79 Å². The molecule has 0 spiro atoms. The summed E-state index contributed by atoms with van der Waals surface area (Å²) in [5.74, 6) is 2.01. The summed E-state index contributed by atoms with van der Waals surface area (Å²) in [5.41, 5.74) is 1.36. The van der Waals surface area contributed by atoms with E-state index in [1.54, 1.807) is 19.2 Å². The molecule has 0 unspecified atom stereocenters. The molecule has 0 saturated carbocycles. The van der Waals surface area contributed by atoms with Gasteiger partial charge in [0.05, 0.1) is 14.2 Å². The highest BCUT2D eigenvalue weighted by Gasteiger charge is 2.13. The lowest BCUT2D eigenvalue weighted by Crippen LogP contribution is -2.37. The number of aliphatic imine (C=N–C) groups is 1. The van der Waals surface area contributed by atoms with Crippen LogP contribution in [0, 0.1) is 0 Å². The predicted molar refractivity (Wildman–Crippen MR) is 100 cm³/mol. The van der Waals surface area contributed by atoms with Crippen molar-refractivity contribution in [3.8, 4) is 5.75 Å². The largest absolute Gasteiger partial charge is 0.496 e. The lowest BCUT2D eigenvalue weighted by atomic mass is 10.1.